The first-order valence-electron chi connectivity index (χ1n) is 7.25. The molecule has 0 spiro atoms. The zero-order chi connectivity index (χ0) is 14.7. The maximum absolute atomic E-state index is 12.6. The molecule has 0 radical (unpaired) electrons. The lowest BCUT2D eigenvalue weighted by molar-refractivity contribution is -0.130. The van der Waals surface area contributed by atoms with Crippen molar-refractivity contribution >= 4 is 17.2 Å². The van der Waals surface area contributed by atoms with Crippen LogP contribution in [0.3, 0.4) is 0 Å². The van der Waals surface area contributed by atoms with E-state index in [9.17, 15) is 4.79 Å². The SMILES string of the molecule is CC(C)C1NC(c2cccs2)N(CCCN(C)C)C1=O. The smallest absolute Gasteiger partial charge is 0.241 e. The van der Waals surface area contributed by atoms with Crippen LogP contribution in [0, 0.1) is 5.92 Å². The summed E-state index contributed by atoms with van der Waals surface area (Å²) >= 11 is 1.71. The van der Waals surface area contributed by atoms with E-state index in [0.29, 0.717) is 5.92 Å². The highest BCUT2D eigenvalue weighted by Gasteiger charge is 2.40. The van der Waals surface area contributed by atoms with Crippen LogP contribution >= 0.6 is 11.3 Å². The third-order valence-electron chi connectivity index (χ3n) is 3.68. The Morgan fingerprint density at radius 1 is 1.45 bits per heavy atom. The van der Waals surface area contributed by atoms with E-state index >= 15 is 0 Å². The fraction of sp³-hybridized carbons (Fsp3) is 0.667. The van der Waals surface area contributed by atoms with E-state index in [2.05, 4.69) is 49.6 Å². The number of hydrogen-bond acceptors (Lipinski definition) is 4. The highest BCUT2D eigenvalue weighted by atomic mass is 32.1. The van der Waals surface area contributed by atoms with Crippen molar-refractivity contribution in [1.29, 1.82) is 0 Å². The third kappa shape index (κ3) is 3.40. The van der Waals surface area contributed by atoms with Crippen molar-refractivity contribution in [3.05, 3.63) is 22.4 Å². The van der Waals surface area contributed by atoms with Crippen LogP contribution in [0.4, 0.5) is 0 Å². The summed E-state index contributed by atoms with van der Waals surface area (Å²) in [5.74, 6) is 0.570. The van der Waals surface area contributed by atoms with E-state index in [1.807, 2.05) is 11.0 Å². The molecular formula is C15H25N3OS. The molecule has 20 heavy (non-hydrogen) atoms. The average molecular weight is 295 g/mol. The van der Waals surface area contributed by atoms with Gasteiger partial charge in [-0.3, -0.25) is 10.1 Å². The van der Waals surface area contributed by atoms with Gasteiger partial charge in [-0.05, 0) is 44.4 Å². The van der Waals surface area contributed by atoms with E-state index in [1.54, 1.807) is 11.3 Å². The molecule has 0 saturated carbocycles. The Kier molecular flexibility index (Phi) is 5.18. The van der Waals surface area contributed by atoms with Gasteiger partial charge in [0.1, 0.15) is 6.17 Å². The third-order valence-corrected chi connectivity index (χ3v) is 4.61. The lowest BCUT2D eigenvalue weighted by Crippen LogP contribution is -2.35. The summed E-state index contributed by atoms with van der Waals surface area (Å²) in [5, 5.41) is 5.58. The molecule has 112 valence electrons. The normalized spacial score (nSPS) is 23.3. The van der Waals surface area contributed by atoms with Crippen molar-refractivity contribution in [2.45, 2.75) is 32.5 Å². The molecule has 1 aromatic heterocycles. The van der Waals surface area contributed by atoms with Gasteiger partial charge in [0, 0.05) is 11.4 Å². The minimum Gasteiger partial charge on any atom is -0.321 e. The number of rotatable bonds is 6. The van der Waals surface area contributed by atoms with Gasteiger partial charge in [-0.25, -0.2) is 0 Å². The molecule has 1 fully saturated rings. The van der Waals surface area contributed by atoms with Gasteiger partial charge in [-0.15, -0.1) is 11.3 Å². The first-order chi connectivity index (χ1) is 9.50. The molecule has 2 atom stereocenters. The zero-order valence-electron chi connectivity index (χ0n) is 12.8. The number of amides is 1. The number of hydrogen-bond donors (Lipinski definition) is 1. The van der Waals surface area contributed by atoms with Gasteiger partial charge in [-0.1, -0.05) is 19.9 Å². The highest BCUT2D eigenvalue weighted by molar-refractivity contribution is 7.10. The molecule has 1 aliphatic rings. The van der Waals surface area contributed by atoms with E-state index in [1.165, 1.54) is 4.88 Å². The van der Waals surface area contributed by atoms with Crippen LogP contribution in [0.1, 0.15) is 31.3 Å². The van der Waals surface area contributed by atoms with Gasteiger partial charge >= 0.3 is 0 Å². The monoisotopic (exact) mass is 295 g/mol. The summed E-state index contributed by atoms with van der Waals surface area (Å²) in [4.78, 5) is 18.0. The molecule has 4 nitrogen and oxygen atoms in total. The van der Waals surface area contributed by atoms with Gasteiger partial charge < -0.3 is 9.80 Å². The molecule has 0 aromatic carbocycles. The maximum atomic E-state index is 12.6. The highest BCUT2D eigenvalue weighted by Crippen LogP contribution is 2.30. The summed E-state index contributed by atoms with van der Waals surface area (Å²) in [6.45, 7) is 6.03. The van der Waals surface area contributed by atoms with E-state index < -0.39 is 0 Å². The lowest BCUT2D eigenvalue weighted by Gasteiger charge is -2.24. The zero-order valence-corrected chi connectivity index (χ0v) is 13.6. The number of thiophene rings is 1. The molecule has 5 heteroatoms. The van der Waals surface area contributed by atoms with Gasteiger partial charge in [0.05, 0.1) is 6.04 Å². The van der Waals surface area contributed by atoms with E-state index in [4.69, 9.17) is 0 Å². The van der Waals surface area contributed by atoms with Crippen LogP contribution in [0.5, 0.6) is 0 Å². The molecule has 0 bridgehead atoms. The van der Waals surface area contributed by atoms with E-state index in [-0.39, 0.29) is 18.1 Å². The Balaban J connectivity index is 2.09. The summed E-state index contributed by atoms with van der Waals surface area (Å²) in [6.07, 6.45) is 1.06. The minimum absolute atomic E-state index is 0.0528. The lowest BCUT2D eigenvalue weighted by atomic mass is 10.1. The molecule has 1 saturated heterocycles. The fourth-order valence-corrected chi connectivity index (χ4v) is 3.39. The second-order valence-electron chi connectivity index (χ2n) is 5.99. The standard InChI is InChI=1S/C15H25N3OS/c1-11(2)13-15(19)18(9-6-8-17(3)4)14(16-13)12-7-5-10-20-12/h5,7,10-11,13-14,16H,6,8-9H2,1-4H3. The Bertz CT molecular complexity index is 430. The molecule has 1 N–H and O–H groups in total. The maximum Gasteiger partial charge on any atom is 0.241 e. The van der Waals surface area contributed by atoms with Crippen molar-refractivity contribution < 1.29 is 4.79 Å². The van der Waals surface area contributed by atoms with Crippen molar-refractivity contribution in [1.82, 2.24) is 15.1 Å². The number of carbonyl (C=O) groups is 1. The van der Waals surface area contributed by atoms with Crippen molar-refractivity contribution in [2.24, 2.45) is 5.92 Å². The topological polar surface area (TPSA) is 35.6 Å². The van der Waals surface area contributed by atoms with Crippen LogP contribution in [-0.2, 0) is 4.79 Å². The van der Waals surface area contributed by atoms with Crippen molar-refractivity contribution in [3.8, 4) is 0 Å². The summed E-state index contributed by atoms with van der Waals surface area (Å²) < 4.78 is 0. The number of nitrogens with one attached hydrogen (secondary N) is 1. The largest absolute Gasteiger partial charge is 0.321 e. The second-order valence-corrected chi connectivity index (χ2v) is 6.97. The van der Waals surface area contributed by atoms with Gasteiger partial charge in [0.25, 0.3) is 0 Å². The Labute approximate surface area is 125 Å². The first-order valence-corrected chi connectivity index (χ1v) is 8.13. The molecule has 2 unspecified atom stereocenters. The molecule has 1 aromatic rings. The summed E-state index contributed by atoms with van der Waals surface area (Å²) in [5.41, 5.74) is 0. The Morgan fingerprint density at radius 3 is 2.75 bits per heavy atom. The average Bonchev–Trinajstić information content (AvgIpc) is 2.97. The molecule has 1 amide bonds. The quantitative estimate of drug-likeness (QED) is 0.873. The fourth-order valence-electron chi connectivity index (χ4n) is 2.59. The molecule has 2 heterocycles. The summed E-state index contributed by atoms with van der Waals surface area (Å²) in [7, 11) is 4.13. The molecule has 1 aliphatic heterocycles. The second kappa shape index (κ2) is 6.70. The van der Waals surface area contributed by atoms with Crippen LogP contribution < -0.4 is 5.32 Å². The number of nitrogens with zero attached hydrogens (tertiary/aromatic N) is 2. The van der Waals surface area contributed by atoms with Crippen LogP contribution in [0.15, 0.2) is 17.5 Å². The van der Waals surface area contributed by atoms with Gasteiger partial charge in [0.15, 0.2) is 0 Å². The van der Waals surface area contributed by atoms with Crippen LogP contribution in [0.25, 0.3) is 0 Å². The molecule has 0 aliphatic carbocycles. The van der Waals surface area contributed by atoms with Crippen molar-refractivity contribution in [2.75, 3.05) is 27.2 Å². The van der Waals surface area contributed by atoms with Crippen LogP contribution in [0.2, 0.25) is 0 Å². The molecular weight excluding hydrogens is 270 g/mol. The predicted molar refractivity (Wildman–Crippen MR) is 83.7 cm³/mol. The van der Waals surface area contributed by atoms with Gasteiger partial charge in [0.2, 0.25) is 5.91 Å². The summed E-state index contributed by atoms with van der Waals surface area (Å²) in [6, 6.07) is 4.10. The van der Waals surface area contributed by atoms with Crippen molar-refractivity contribution in [3.63, 3.8) is 0 Å². The Morgan fingerprint density at radius 2 is 2.20 bits per heavy atom. The van der Waals surface area contributed by atoms with E-state index in [0.717, 1.165) is 19.5 Å². The van der Waals surface area contributed by atoms with Gasteiger partial charge in [-0.2, -0.15) is 0 Å². The molecule has 2 rings (SSSR count). The van der Waals surface area contributed by atoms with Crippen LogP contribution in [-0.4, -0.2) is 48.9 Å². The first kappa shape index (κ1) is 15.5. The minimum atomic E-state index is -0.0542. The Hall–Kier alpha value is -0.910. The predicted octanol–water partition coefficient (Wildman–Crippen LogP) is 2.15. The number of carbonyl (C=O) groups excluding carboxylic acids is 1.